The fourth-order valence-corrected chi connectivity index (χ4v) is 2.82. The van der Waals surface area contributed by atoms with E-state index in [9.17, 15) is 4.79 Å². The second-order valence-corrected chi connectivity index (χ2v) is 6.68. The Hall–Kier alpha value is -2.40. The van der Waals surface area contributed by atoms with Gasteiger partial charge in [0.1, 0.15) is 0 Å². The van der Waals surface area contributed by atoms with Crippen LogP contribution in [0.25, 0.3) is 0 Å². The van der Waals surface area contributed by atoms with Crippen LogP contribution in [-0.4, -0.2) is 30.0 Å². The highest BCUT2D eigenvalue weighted by Crippen LogP contribution is 2.16. The fourth-order valence-electron chi connectivity index (χ4n) is 2.82. The summed E-state index contributed by atoms with van der Waals surface area (Å²) in [7, 11) is 0. The minimum atomic E-state index is -0.0103. The summed E-state index contributed by atoms with van der Waals surface area (Å²) in [5, 5.41) is 3.06. The minimum Gasteiger partial charge on any atom is -0.358 e. The van der Waals surface area contributed by atoms with E-state index in [-0.39, 0.29) is 18.5 Å². The SMILES string of the molecule is CC(C)CC(CN)NC(=O)CN(Cc1cccnc1)c1ccccc1. The van der Waals surface area contributed by atoms with Crippen LogP contribution in [0.15, 0.2) is 54.9 Å². The van der Waals surface area contributed by atoms with Crippen LogP contribution in [0.2, 0.25) is 0 Å². The second kappa shape index (κ2) is 9.79. The van der Waals surface area contributed by atoms with Crippen LogP contribution < -0.4 is 16.0 Å². The number of para-hydroxylation sites is 1. The Bertz CT molecular complexity index is 631. The van der Waals surface area contributed by atoms with Gasteiger partial charge in [0, 0.05) is 37.2 Å². The Labute approximate surface area is 150 Å². The van der Waals surface area contributed by atoms with E-state index in [1.807, 2.05) is 48.7 Å². The summed E-state index contributed by atoms with van der Waals surface area (Å²) in [5.74, 6) is 0.485. The molecule has 5 nitrogen and oxygen atoms in total. The van der Waals surface area contributed by atoms with Crippen LogP contribution in [0.4, 0.5) is 5.69 Å². The predicted molar refractivity (Wildman–Crippen MR) is 102 cm³/mol. The van der Waals surface area contributed by atoms with E-state index in [4.69, 9.17) is 5.73 Å². The number of carbonyl (C=O) groups excluding carboxylic acids is 1. The monoisotopic (exact) mass is 340 g/mol. The van der Waals surface area contributed by atoms with Crippen LogP contribution >= 0.6 is 0 Å². The van der Waals surface area contributed by atoms with Gasteiger partial charge in [0.25, 0.3) is 0 Å². The van der Waals surface area contributed by atoms with E-state index >= 15 is 0 Å². The maximum Gasteiger partial charge on any atom is 0.239 e. The highest BCUT2D eigenvalue weighted by Gasteiger charge is 2.16. The highest BCUT2D eigenvalue weighted by molar-refractivity contribution is 5.81. The fraction of sp³-hybridized carbons (Fsp3) is 0.400. The van der Waals surface area contributed by atoms with Gasteiger partial charge in [-0.1, -0.05) is 38.1 Å². The van der Waals surface area contributed by atoms with Gasteiger partial charge in [0.15, 0.2) is 0 Å². The first-order chi connectivity index (χ1) is 12.1. The van der Waals surface area contributed by atoms with Crippen LogP contribution in [0, 0.1) is 5.92 Å². The molecule has 0 bridgehead atoms. The Balaban J connectivity index is 2.06. The number of nitrogens with one attached hydrogen (secondary N) is 1. The lowest BCUT2D eigenvalue weighted by Crippen LogP contribution is -2.45. The number of aromatic nitrogens is 1. The normalized spacial score (nSPS) is 12.0. The lowest BCUT2D eigenvalue weighted by atomic mass is 10.0. The Morgan fingerprint density at radius 3 is 2.56 bits per heavy atom. The molecular weight excluding hydrogens is 312 g/mol. The first-order valence-electron chi connectivity index (χ1n) is 8.76. The third-order valence-electron chi connectivity index (χ3n) is 3.96. The van der Waals surface area contributed by atoms with Crippen LogP contribution in [0.3, 0.4) is 0 Å². The van der Waals surface area contributed by atoms with E-state index < -0.39 is 0 Å². The average molecular weight is 340 g/mol. The molecule has 0 saturated heterocycles. The zero-order valence-corrected chi connectivity index (χ0v) is 15.1. The van der Waals surface area contributed by atoms with Gasteiger partial charge in [-0.2, -0.15) is 0 Å². The van der Waals surface area contributed by atoms with E-state index in [0.717, 1.165) is 17.7 Å². The van der Waals surface area contributed by atoms with Crippen molar-refractivity contribution in [2.75, 3.05) is 18.0 Å². The van der Waals surface area contributed by atoms with Gasteiger partial charge in [0.2, 0.25) is 5.91 Å². The van der Waals surface area contributed by atoms with Crippen LogP contribution in [0.1, 0.15) is 25.8 Å². The molecule has 0 aliphatic carbocycles. The number of amides is 1. The minimum absolute atomic E-state index is 0.0103. The van der Waals surface area contributed by atoms with Crippen molar-refractivity contribution in [3.05, 3.63) is 60.4 Å². The van der Waals surface area contributed by atoms with Crippen molar-refractivity contribution < 1.29 is 4.79 Å². The maximum absolute atomic E-state index is 12.5. The highest BCUT2D eigenvalue weighted by atomic mass is 16.2. The first kappa shape index (κ1) is 18.9. The molecule has 1 atom stereocenters. The zero-order chi connectivity index (χ0) is 18.1. The van der Waals surface area contributed by atoms with Gasteiger partial charge in [-0.25, -0.2) is 0 Å². The summed E-state index contributed by atoms with van der Waals surface area (Å²) in [6.45, 7) is 5.63. The lowest BCUT2D eigenvalue weighted by Gasteiger charge is -2.26. The van der Waals surface area contributed by atoms with Gasteiger partial charge in [0.05, 0.1) is 6.54 Å². The van der Waals surface area contributed by atoms with Crippen molar-refractivity contribution in [1.82, 2.24) is 10.3 Å². The van der Waals surface area contributed by atoms with Crippen LogP contribution in [0.5, 0.6) is 0 Å². The molecule has 0 aliphatic rings. The molecule has 1 heterocycles. The van der Waals surface area contributed by atoms with Gasteiger partial charge in [-0.3, -0.25) is 9.78 Å². The van der Waals surface area contributed by atoms with Crippen molar-refractivity contribution in [2.24, 2.45) is 11.7 Å². The third kappa shape index (κ3) is 6.55. The van der Waals surface area contributed by atoms with E-state index in [1.54, 1.807) is 6.20 Å². The Morgan fingerprint density at radius 1 is 1.20 bits per heavy atom. The molecule has 1 unspecified atom stereocenters. The molecule has 1 amide bonds. The zero-order valence-electron chi connectivity index (χ0n) is 15.1. The number of hydrogen-bond donors (Lipinski definition) is 2. The quantitative estimate of drug-likeness (QED) is 0.736. The lowest BCUT2D eigenvalue weighted by molar-refractivity contribution is -0.120. The van der Waals surface area contributed by atoms with E-state index in [2.05, 4.69) is 29.0 Å². The summed E-state index contributed by atoms with van der Waals surface area (Å²) in [5.41, 5.74) is 7.87. The molecule has 134 valence electrons. The van der Waals surface area contributed by atoms with Crippen molar-refractivity contribution in [2.45, 2.75) is 32.9 Å². The molecule has 1 aromatic carbocycles. The number of nitrogens with zero attached hydrogens (tertiary/aromatic N) is 2. The molecule has 1 aromatic heterocycles. The number of rotatable bonds is 9. The molecule has 0 radical (unpaired) electrons. The Kier molecular flexibility index (Phi) is 7.41. The molecule has 0 spiro atoms. The smallest absolute Gasteiger partial charge is 0.239 e. The van der Waals surface area contributed by atoms with Gasteiger partial charge in [-0.15, -0.1) is 0 Å². The third-order valence-corrected chi connectivity index (χ3v) is 3.96. The molecule has 3 N–H and O–H groups in total. The number of benzene rings is 1. The summed E-state index contributed by atoms with van der Waals surface area (Å²) >= 11 is 0. The van der Waals surface area contributed by atoms with Crippen molar-refractivity contribution in [3.8, 4) is 0 Å². The van der Waals surface area contributed by atoms with Crippen molar-refractivity contribution >= 4 is 11.6 Å². The summed E-state index contributed by atoms with van der Waals surface area (Å²) < 4.78 is 0. The molecular formula is C20H28N4O. The number of nitrogens with two attached hydrogens (primary N) is 1. The topological polar surface area (TPSA) is 71.2 Å². The van der Waals surface area contributed by atoms with E-state index in [0.29, 0.717) is 19.0 Å². The number of hydrogen-bond acceptors (Lipinski definition) is 4. The Morgan fingerprint density at radius 2 is 1.96 bits per heavy atom. The van der Waals surface area contributed by atoms with Crippen LogP contribution in [-0.2, 0) is 11.3 Å². The predicted octanol–water partition coefficient (Wildman–Crippen LogP) is 2.58. The molecule has 5 heteroatoms. The molecule has 25 heavy (non-hydrogen) atoms. The molecule has 0 saturated carbocycles. The number of carbonyl (C=O) groups is 1. The van der Waals surface area contributed by atoms with E-state index in [1.165, 1.54) is 0 Å². The average Bonchev–Trinajstić information content (AvgIpc) is 2.62. The molecule has 0 fully saturated rings. The number of pyridine rings is 1. The summed E-state index contributed by atoms with van der Waals surface area (Å²) in [6, 6.07) is 13.9. The van der Waals surface area contributed by atoms with Crippen molar-refractivity contribution in [1.29, 1.82) is 0 Å². The molecule has 0 aliphatic heterocycles. The largest absolute Gasteiger partial charge is 0.358 e. The van der Waals surface area contributed by atoms with Gasteiger partial charge in [-0.05, 0) is 36.1 Å². The second-order valence-electron chi connectivity index (χ2n) is 6.68. The summed E-state index contributed by atoms with van der Waals surface area (Å²) in [6.07, 6.45) is 4.46. The van der Waals surface area contributed by atoms with Crippen molar-refractivity contribution in [3.63, 3.8) is 0 Å². The first-order valence-corrected chi connectivity index (χ1v) is 8.76. The molecule has 2 rings (SSSR count). The van der Waals surface area contributed by atoms with Gasteiger partial charge >= 0.3 is 0 Å². The summed E-state index contributed by atoms with van der Waals surface area (Å²) in [4.78, 5) is 18.8. The van der Waals surface area contributed by atoms with Gasteiger partial charge < -0.3 is 16.0 Å². The molecule has 2 aromatic rings. The number of anilines is 1. The maximum atomic E-state index is 12.5. The standard InChI is InChI=1S/C20H28N4O/c1-16(2)11-18(12-21)23-20(25)15-24(19-8-4-3-5-9-19)14-17-7-6-10-22-13-17/h3-10,13,16,18H,11-12,14-15,21H2,1-2H3,(H,23,25).